The van der Waals surface area contributed by atoms with Gasteiger partial charge in [0.2, 0.25) is 0 Å². The van der Waals surface area contributed by atoms with E-state index in [2.05, 4.69) is 15.4 Å². The Kier molecular flexibility index (Phi) is 6.90. The number of thiazole rings is 1. The Bertz CT molecular complexity index is 1570. The molecule has 0 spiro atoms. The molecule has 2 aromatic heterocycles. The molecule has 0 aliphatic carbocycles. The highest BCUT2D eigenvalue weighted by atomic mass is 35.5. The first-order valence-corrected chi connectivity index (χ1v) is 12.6. The maximum atomic E-state index is 14.2. The second-order valence-corrected chi connectivity index (χ2v) is 10.2. The molecule has 2 atom stereocenters. The number of benzene rings is 3. The number of aryl methyl sites for hydroxylation is 1. The molecule has 5 rings (SSSR count). The lowest BCUT2D eigenvalue weighted by Gasteiger charge is -2.26. The minimum absolute atomic E-state index is 0.216. The summed E-state index contributed by atoms with van der Waals surface area (Å²) in [4.78, 5) is 17.8. The summed E-state index contributed by atoms with van der Waals surface area (Å²) in [6.07, 6.45) is 2.55. The van der Waals surface area contributed by atoms with Crippen molar-refractivity contribution >= 4 is 39.7 Å². The van der Waals surface area contributed by atoms with Gasteiger partial charge in [0.25, 0.3) is 5.91 Å². The average molecular weight is 539 g/mol. The third-order valence-electron chi connectivity index (χ3n) is 5.72. The maximum Gasteiger partial charge on any atom is 0.280 e. The van der Waals surface area contributed by atoms with Crippen LogP contribution in [0.15, 0.2) is 73.1 Å². The van der Waals surface area contributed by atoms with Crippen molar-refractivity contribution < 1.29 is 18.3 Å². The summed E-state index contributed by atoms with van der Waals surface area (Å²) in [7, 11) is 0. The molecule has 0 radical (unpaired) electrons. The SMILES string of the molecule is Cc1cnc(C(=O)NC(C)C(Oc2ccc3c(cnn3-c3ccc(F)cc3)c2)c2cc(F)cc(Cl)c2)s1. The van der Waals surface area contributed by atoms with E-state index in [-0.39, 0.29) is 16.7 Å². The van der Waals surface area contributed by atoms with E-state index < -0.39 is 18.0 Å². The molecule has 188 valence electrons. The van der Waals surface area contributed by atoms with Crippen LogP contribution in [-0.2, 0) is 0 Å². The number of carbonyl (C=O) groups is 1. The van der Waals surface area contributed by atoms with E-state index in [1.54, 1.807) is 54.3 Å². The van der Waals surface area contributed by atoms with Gasteiger partial charge in [-0.1, -0.05) is 11.6 Å². The molecule has 5 aromatic rings. The van der Waals surface area contributed by atoms with Crippen molar-refractivity contribution in [3.05, 3.63) is 105 Å². The van der Waals surface area contributed by atoms with Crippen LogP contribution in [0.5, 0.6) is 5.75 Å². The minimum atomic E-state index is -0.761. The fourth-order valence-corrected chi connectivity index (χ4v) is 4.92. The van der Waals surface area contributed by atoms with Crippen LogP contribution in [0.1, 0.15) is 33.3 Å². The van der Waals surface area contributed by atoms with E-state index in [1.165, 1.54) is 35.6 Å². The lowest BCUT2D eigenvalue weighted by molar-refractivity contribution is 0.0881. The lowest BCUT2D eigenvalue weighted by atomic mass is 10.0. The molecule has 2 heterocycles. The Morgan fingerprint density at radius 1 is 1.05 bits per heavy atom. The predicted octanol–water partition coefficient (Wildman–Crippen LogP) is 6.66. The molecule has 0 saturated heterocycles. The number of fused-ring (bicyclic) bond motifs is 1. The number of halogens is 3. The van der Waals surface area contributed by atoms with E-state index >= 15 is 0 Å². The molecule has 1 amide bonds. The highest BCUT2D eigenvalue weighted by Gasteiger charge is 2.26. The topological polar surface area (TPSA) is 69.0 Å². The molecule has 0 aliphatic heterocycles. The van der Waals surface area contributed by atoms with Gasteiger partial charge in [-0.25, -0.2) is 18.4 Å². The lowest BCUT2D eigenvalue weighted by Crippen LogP contribution is -2.39. The number of hydrogen-bond acceptors (Lipinski definition) is 5. The largest absolute Gasteiger partial charge is 0.484 e. The van der Waals surface area contributed by atoms with Gasteiger partial charge in [0.1, 0.15) is 23.5 Å². The highest BCUT2D eigenvalue weighted by molar-refractivity contribution is 7.13. The molecular weight excluding hydrogens is 518 g/mol. The summed E-state index contributed by atoms with van der Waals surface area (Å²) in [6, 6.07) is 15.0. The van der Waals surface area contributed by atoms with Crippen LogP contribution in [0.4, 0.5) is 8.78 Å². The van der Waals surface area contributed by atoms with Crippen LogP contribution in [0, 0.1) is 18.6 Å². The van der Waals surface area contributed by atoms with Gasteiger partial charge in [0.15, 0.2) is 5.01 Å². The van der Waals surface area contributed by atoms with Gasteiger partial charge < -0.3 is 10.1 Å². The minimum Gasteiger partial charge on any atom is -0.484 e. The van der Waals surface area contributed by atoms with Crippen LogP contribution >= 0.6 is 22.9 Å². The first kappa shape index (κ1) is 24.9. The molecule has 3 aromatic carbocycles. The summed E-state index contributed by atoms with van der Waals surface area (Å²) < 4.78 is 35.6. The van der Waals surface area contributed by atoms with Crippen LogP contribution in [0.25, 0.3) is 16.6 Å². The standard InChI is InChI=1S/C27H21ClF2N4O2S/c1-15-13-31-27(37-15)26(35)33-16(2)25(17-9-19(28)12-21(30)10-17)36-23-7-8-24-18(11-23)14-32-34(24)22-5-3-20(29)4-6-22/h3-14,16,25H,1-2H3,(H,33,35). The smallest absolute Gasteiger partial charge is 0.280 e. The Balaban J connectivity index is 1.45. The van der Waals surface area contributed by atoms with Crippen molar-refractivity contribution in [1.82, 2.24) is 20.1 Å². The maximum absolute atomic E-state index is 14.2. The van der Waals surface area contributed by atoms with Crippen LogP contribution in [0.3, 0.4) is 0 Å². The van der Waals surface area contributed by atoms with Crippen molar-refractivity contribution in [2.45, 2.75) is 26.0 Å². The number of hydrogen-bond donors (Lipinski definition) is 1. The van der Waals surface area contributed by atoms with Gasteiger partial charge in [-0.3, -0.25) is 4.79 Å². The summed E-state index contributed by atoms with van der Waals surface area (Å²) in [5.41, 5.74) is 1.98. The van der Waals surface area contributed by atoms with Gasteiger partial charge in [-0.05, 0) is 80.1 Å². The Hall–Kier alpha value is -3.82. The monoisotopic (exact) mass is 538 g/mol. The van der Waals surface area contributed by atoms with Crippen LogP contribution < -0.4 is 10.1 Å². The fraction of sp³-hybridized carbons (Fsp3) is 0.148. The van der Waals surface area contributed by atoms with Crippen LogP contribution in [0.2, 0.25) is 5.02 Å². The molecule has 6 nitrogen and oxygen atoms in total. The average Bonchev–Trinajstić information content (AvgIpc) is 3.48. The van der Waals surface area contributed by atoms with Gasteiger partial charge in [0.05, 0.1) is 23.4 Å². The number of aromatic nitrogens is 3. The predicted molar refractivity (Wildman–Crippen MR) is 140 cm³/mol. The number of nitrogens with one attached hydrogen (secondary N) is 1. The van der Waals surface area contributed by atoms with Crippen molar-refractivity contribution in [2.75, 3.05) is 0 Å². The van der Waals surface area contributed by atoms with E-state index in [9.17, 15) is 13.6 Å². The molecule has 0 fully saturated rings. The van der Waals surface area contributed by atoms with E-state index in [1.807, 2.05) is 13.0 Å². The number of nitrogens with zero attached hydrogens (tertiary/aromatic N) is 3. The second-order valence-electron chi connectivity index (χ2n) is 8.53. The summed E-state index contributed by atoms with van der Waals surface area (Å²) in [5.74, 6) is -0.702. The number of amides is 1. The highest BCUT2D eigenvalue weighted by Crippen LogP contribution is 2.31. The zero-order chi connectivity index (χ0) is 26.1. The van der Waals surface area contributed by atoms with Gasteiger partial charge in [-0.15, -0.1) is 11.3 Å². The fourth-order valence-electron chi connectivity index (χ4n) is 4.02. The molecule has 2 unspecified atom stereocenters. The second kappa shape index (κ2) is 10.3. The third-order valence-corrected chi connectivity index (χ3v) is 6.85. The zero-order valence-electron chi connectivity index (χ0n) is 19.8. The molecule has 37 heavy (non-hydrogen) atoms. The van der Waals surface area contributed by atoms with Crippen molar-refractivity contribution in [3.63, 3.8) is 0 Å². The van der Waals surface area contributed by atoms with Crippen molar-refractivity contribution in [1.29, 1.82) is 0 Å². The summed E-state index contributed by atoms with van der Waals surface area (Å²) in [5, 5.41) is 8.65. The van der Waals surface area contributed by atoms with Crippen LogP contribution in [-0.4, -0.2) is 26.7 Å². The molecule has 1 N–H and O–H groups in total. The summed E-state index contributed by atoms with van der Waals surface area (Å²) in [6.45, 7) is 3.64. The molecular formula is C27H21ClF2N4O2S. The quantitative estimate of drug-likeness (QED) is 0.251. The van der Waals surface area contributed by atoms with Gasteiger partial charge >= 0.3 is 0 Å². The summed E-state index contributed by atoms with van der Waals surface area (Å²) >= 11 is 7.41. The number of rotatable bonds is 7. The van der Waals surface area contributed by atoms with Gasteiger partial charge in [0, 0.05) is 21.5 Å². The van der Waals surface area contributed by atoms with E-state index in [0.29, 0.717) is 22.0 Å². The molecule has 0 aliphatic rings. The first-order chi connectivity index (χ1) is 17.8. The van der Waals surface area contributed by atoms with E-state index in [0.717, 1.165) is 15.8 Å². The normalized spacial score (nSPS) is 12.9. The number of ether oxygens (including phenoxy) is 1. The first-order valence-electron chi connectivity index (χ1n) is 11.4. The van der Waals surface area contributed by atoms with Crippen molar-refractivity contribution in [2.24, 2.45) is 0 Å². The third kappa shape index (κ3) is 5.47. The zero-order valence-corrected chi connectivity index (χ0v) is 21.4. The molecule has 0 bridgehead atoms. The molecule has 0 saturated carbocycles. The molecule has 10 heteroatoms. The van der Waals surface area contributed by atoms with Crippen molar-refractivity contribution in [3.8, 4) is 11.4 Å². The van der Waals surface area contributed by atoms with E-state index in [4.69, 9.17) is 16.3 Å². The Labute approximate surface area is 220 Å². The Morgan fingerprint density at radius 2 is 1.84 bits per heavy atom. The number of carbonyl (C=O) groups excluding carboxylic acids is 1. The Morgan fingerprint density at radius 3 is 2.54 bits per heavy atom. The van der Waals surface area contributed by atoms with Gasteiger partial charge in [-0.2, -0.15) is 5.10 Å².